The van der Waals surface area contributed by atoms with E-state index in [-0.39, 0.29) is 27.6 Å². The van der Waals surface area contributed by atoms with Crippen LogP contribution in [0.2, 0.25) is 0 Å². The summed E-state index contributed by atoms with van der Waals surface area (Å²) in [5, 5.41) is 0.720. The predicted octanol–water partition coefficient (Wildman–Crippen LogP) is 6.56. The van der Waals surface area contributed by atoms with Gasteiger partial charge in [-0.1, -0.05) is 91.3 Å². The lowest BCUT2D eigenvalue weighted by molar-refractivity contribution is 0.0862. The first-order chi connectivity index (χ1) is 13.4. The molecule has 4 rings (SSSR count). The second-order valence-corrected chi connectivity index (χ2v) is 9.56. The van der Waals surface area contributed by atoms with Crippen LogP contribution in [0.25, 0.3) is 11.0 Å². The lowest BCUT2D eigenvalue weighted by Crippen LogP contribution is -2.17. The second-order valence-electron chi connectivity index (χ2n) is 7.61. The summed E-state index contributed by atoms with van der Waals surface area (Å²) in [6.07, 6.45) is 1.78. The molecular formula is C22H20Cl2N2OS. The number of thioether (sulfide) groups is 1. The van der Waals surface area contributed by atoms with E-state index < -0.39 is 0 Å². The normalized spacial score (nSPS) is 20.1. The molecule has 1 aromatic heterocycles. The van der Waals surface area contributed by atoms with Gasteiger partial charge >= 0.3 is 0 Å². The van der Waals surface area contributed by atoms with Gasteiger partial charge < -0.3 is 0 Å². The van der Waals surface area contributed by atoms with Gasteiger partial charge in [-0.15, -0.1) is 0 Å². The maximum atomic E-state index is 13.5. The molecule has 1 heterocycles. The monoisotopic (exact) mass is 430 g/mol. The van der Waals surface area contributed by atoms with Crippen LogP contribution in [0.3, 0.4) is 0 Å². The summed E-state index contributed by atoms with van der Waals surface area (Å²) in [6, 6.07) is 18.0. The topological polar surface area (TPSA) is 34.9 Å². The zero-order chi connectivity index (χ0) is 19.9. The molecule has 0 unspecified atom stereocenters. The van der Waals surface area contributed by atoms with Crippen LogP contribution in [0.15, 0.2) is 70.3 Å². The minimum absolute atomic E-state index is 0.0261. The summed E-state index contributed by atoms with van der Waals surface area (Å²) in [6.45, 7) is 4.15. The first kappa shape index (κ1) is 19.6. The van der Waals surface area contributed by atoms with E-state index >= 15 is 0 Å². The molecule has 0 bridgehead atoms. The third-order valence-electron chi connectivity index (χ3n) is 5.44. The number of aromatic nitrogens is 2. The highest BCUT2D eigenvalue weighted by atomic mass is 35.5. The highest BCUT2D eigenvalue weighted by molar-refractivity contribution is 7.98. The number of imidazole rings is 1. The predicted molar refractivity (Wildman–Crippen MR) is 117 cm³/mol. The zero-order valence-electron chi connectivity index (χ0n) is 15.6. The van der Waals surface area contributed by atoms with E-state index in [4.69, 9.17) is 28.2 Å². The largest absolute Gasteiger partial charge is 0.274 e. The molecule has 1 aliphatic rings. The van der Waals surface area contributed by atoms with Crippen LogP contribution < -0.4 is 0 Å². The van der Waals surface area contributed by atoms with Crippen LogP contribution >= 0.6 is 35.0 Å². The van der Waals surface area contributed by atoms with E-state index in [1.165, 1.54) is 5.56 Å². The van der Waals surface area contributed by atoms with Crippen LogP contribution in [0.4, 0.5) is 0 Å². The molecule has 1 aliphatic carbocycles. The molecule has 0 saturated heterocycles. The van der Waals surface area contributed by atoms with Gasteiger partial charge in [0.05, 0.1) is 17.0 Å². The molecule has 0 N–H and O–H groups in total. The summed E-state index contributed by atoms with van der Waals surface area (Å²) < 4.78 is 1.98. The Bertz CT molecular complexity index is 1050. The van der Waals surface area contributed by atoms with Gasteiger partial charge in [-0.25, -0.2) is 4.98 Å². The first-order valence-corrected chi connectivity index (χ1v) is 10.8. The van der Waals surface area contributed by atoms with E-state index in [0.717, 1.165) is 21.9 Å². The lowest BCUT2D eigenvalue weighted by Gasteiger charge is -2.09. The van der Waals surface area contributed by atoms with Crippen molar-refractivity contribution in [3.8, 4) is 0 Å². The molecule has 3 aromatic rings. The van der Waals surface area contributed by atoms with Crippen molar-refractivity contribution in [3.05, 3.63) is 70.7 Å². The van der Waals surface area contributed by atoms with Crippen molar-refractivity contribution < 1.29 is 4.79 Å². The van der Waals surface area contributed by atoms with E-state index in [2.05, 4.69) is 26.0 Å². The van der Waals surface area contributed by atoms with E-state index in [1.54, 1.807) is 22.4 Å². The Labute approximate surface area is 178 Å². The Hall–Kier alpha value is -1.75. The fourth-order valence-electron chi connectivity index (χ4n) is 3.77. The molecule has 3 nitrogen and oxygen atoms in total. The number of allylic oxidation sites excluding steroid dienone is 1. The summed E-state index contributed by atoms with van der Waals surface area (Å²) in [7, 11) is 0. The number of para-hydroxylation sites is 2. The van der Waals surface area contributed by atoms with Crippen LogP contribution in [0.1, 0.15) is 24.2 Å². The Balaban J connectivity index is 1.69. The number of hydrogen-bond donors (Lipinski definition) is 0. The average molecular weight is 431 g/mol. The Morgan fingerprint density at radius 3 is 2.54 bits per heavy atom. The molecule has 6 heteroatoms. The Morgan fingerprint density at radius 1 is 1.14 bits per heavy atom. The van der Waals surface area contributed by atoms with Crippen molar-refractivity contribution in [2.75, 3.05) is 0 Å². The van der Waals surface area contributed by atoms with Gasteiger partial charge in [-0.2, -0.15) is 0 Å². The minimum atomic E-state index is -0.182. The van der Waals surface area contributed by atoms with Crippen molar-refractivity contribution in [1.29, 1.82) is 0 Å². The number of carbonyl (C=O) groups is 1. The van der Waals surface area contributed by atoms with Gasteiger partial charge in [0, 0.05) is 5.75 Å². The van der Waals surface area contributed by atoms with Crippen molar-refractivity contribution in [2.24, 2.45) is 17.3 Å². The molecule has 0 amide bonds. The van der Waals surface area contributed by atoms with Crippen LogP contribution in [-0.4, -0.2) is 15.5 Å². The minimum Gasteiger partial charge on any atom is -0.274 e. The summed E-state index contributed by atoms with van der Waals surface area (Å²) in [4.78, 5) is 18.2. The van der Waals surface area contributed by atoms with Gasteiger partial charge in [0.1, 0.15) is 4.49 Å². The number of carbonyl (C=O) groups excluding carboxylic acids is 1. The summed E-state index contributed by atoms with van der Waals surface area (Å²) in [5.41, 5.74) is 2.68. The smallest absolute Gasteiger partial charge is 0.237 e. The molecule has 28 heavy (non-hydrogen) atoms. The van der Waals surface area contributed by atoms with Gasteiger partial charge in [0.2, 0.25) is 5.91 Å². The lowest BCUT2D eigenvalue weighted by atomic mass is 10.1. The fourth-order valence-corrected chi connectivity index (χ4v) is 5.01. The number of nitrogens with zero attached hydrogens (tertiary/aromatic N) is 2. The van der Waals surface area contributed by atoms with Crippen molar-refractivity contribution in [3.63, 3.8) is 0 Å². The fraction of sp³-hybridized carbons (Fsp3) is 0.273. The average Bonchev–Trinajstić information content (AvgIpc) is 3.03. The Morgan fingerprint density at radius 2 is 1.82 bits per heavy atom. The molecule has 2 atom stereocenters. The number of halogens is 2. The number of fused-ring (bicyclic) bond motifs is 1. The Kier molecular flexibility index (Phi) is 5.30. The molecule has 0 radical (unpaired) electrons. The maximum absolute atomic E-state index is 13.5. The van der Waals surface area contributed by atoms with E-state index in [0.29, 0.717) is 0 Å². The standard InChI is InChI=1S/C22H20Cl2N2OS/c1-22(2)15(12-18(23)24)19(22)20(27)26-17-11-7-6-10-16(17)25-21(26)28-13-14-8-4-3-5-9-14/h3-12,15,19H,13H2,1-2H3/t15-,19-/m1/s1. The van der Waals surface area contributed by atoms with Gasteiger partial charge in [0.15, 0.2) is 5.16 Å². The molecule has 0 spiro atoms. The third-order valence-corrected chi connectivity index (χ3v) is 6.71. The van der Waals surface area contributed by atoms with Gasteiger partial charge in [0.25, 0.3) is 0 Å². The van der Waals surface area contributed by atoms with Crippen LogP contribution in [0, 0.1) is 17.3 Å². The van der Waals surface area contributed by atoms with Crippen molar-refractivity contribution in [1.82, 2.24) is 9.55 Å². The number of hydrogen-bond acceptors (Lipinski definition) is 3. The van der Waals surface area contributed by atoms with Crippen molar-refractivity contribution in [2.45, 2.75) is 24.8 Å². The highest BCUT2D eigenvalue weighted by Crippen LogP contribution is 2.60. The molecule has 144 valence electrons. The quantitative estimate of drug-likeness (QED) is 0.429. The maximum Gasteiger partial charge on any atom is 0.237 e. The molecule has 1 saturated carbocycles. The zero-order valence-corrected chi connectivity index (χ0v) is 17.9. The second kappa shape index (κ2) is 7.58. The summed E-state index contributed by atoms with van der Waals surface area (Å²) in [5.74, 6) is 0.652. The number of rotatable bonds is 5. The van der Waals surface area contributed by atoms with E-state index in [9.17, 15) is 4.79 Å². The van der Waals surface area contributed by atoms with Crippen molar-refractivity contribution >= 4 is 51.9 Å². The van der Waals surface area contributed by atoms with Gasteiger partial charge in [-0.3, -0.25) is 9.36 Å². The van der Waals surface area contributed by atoms with Crippen LogP contribution in [-0.2, 0) is 5.75 Å². The molecule has 1 fully saturated rings. The summed E-state index contributed by atoms with van der Waals surface area (Å²) >= 11 is 13.3. The SMILES string of the molecule is CC1(C)[C@H](C=C(Cl)Cl)[C@@H]1C(=O)n1c(SCc2ccccc2)nc2ccccc21. The molecular weight excluding hydrogens is 411 g/mol. The highest BCUT2D eigenvalue weighted by Gasteiger charge is 2.61. The third kappa shape index (κ3) is 3.61. The van der Waals surface area contributed by atoms with E-state index in [1.807, 2.05) is 42.5 Å². The first-order valence-electron chi connectivity index (χ1n) is 9.11. The van der Waals surface area contributed by atoms with Gasteiger partial charge in [-0.05, 0) is 35.1 Å². The molecule has 2 aromatic carbocycles. The molecule has 0 aliphatic heterocycles. The van der Waals surface area contributed by atoms with Crippen LogP contribution in [0.5, 0.6) is 0 Å². The number of benzene rings is 2.